The minimum Gasteiger partial charge on any atom is -0.493 e. The summed E-state index contributed by atoms with van der Waals surface area (Å²) in [5.74, 6) is 3.05. The molecule has 2 rings (SSSR count). The summed E-state index contributed by atoms with van der Waals surface area (Å²) >= 11 is 1.68. The van der Waals surface area contributed by atoms with E-state index in [4.69, 9.17) is 9.47 Å². The van der Waals surface area contributed by atoms with E-state index in [9.17, 15) is 4.79 Å². The number of rotatable bonds is 9. The molecule has 0 aliphatic rings. The quantitative estimate of drug-likeness (QED) is 0.399. The number of hydrogen-bond donors (Lipinski definition) is 0. The molecule has 0 atom stereocenters. The van der Waals surface area contributed by atoms with Gasteiger partial charge in [0.15, 0.2) is 16.7 Å². The number of ether oxygens (including phenoxy) is 2. The number of aromatic nitrogens is 3. The second-order valence-electron chi connectivity index (χ2n) is 4.85. The summed E-state index contributed by atoms with van der Waals surface area (Å²) in [7, 11) is 1.56. The first-order chi connectivity index (χ1) is 11.2. The van der Waals surface area contributed by atoms with Crippen LogP contribution in [0.3, 0.4) is 0 Å². The number of carbonyl (C=O) groups is 1. The molecule has 6 nitrogen and oxygen atoms in total. The molecular weight excluding hydrogens is 314 g/mol. The zero-order valence-corrected chi connectivity index (χ0v) is 14.4. The maximum Gasteiger partial charge on any atom is 0.191 e. The van der Waals surface area contributed by atoms with Crippen LogP contribution in [0.2, 0.25) is 0 Å². The van der Waals surface area contributed by atoms with Crippen molar-refractivity contribution in [2.75, 3.05) is 19.5 Å². The largest absolute Gasteiger partial charge is 0.493 e. The third kappa shape index (κ3) is 4.48. The number of benzene rings is 1. The molecule has 0 unspecified atom stereocenters. The smallest absolute Gasteiger partial charge is 0.191 e. The molecule has 1 heterocycles. The van der Waals surface area contributed by atoms with Crippen LogP contribution < -0.4 is 9.47 Å². The van der Waals surface area contributed by atoms with E-state index in [1.54, 1.807) is 37.1 Å². The van der Waals surface area contributed by atoms with Crippen LogP contribution in [0.15, 0.2) is 23.4 Å². The topological polar surface area (TPSA) is 66.2 Å². The van der Waals surface area contributed by atoms with Gasteiger partial charge in [-0.3, -0.25) is 4.79 Å². The molecule has 0 fully saturated rings. The Morgan fingerprint density at radius 2 is 2.13 bits per heavy atom. The van der Waals surface area contributed by atoms with Gasteiger partial charge in [0, 0.05) is 17.9 Å². The Morgan fingerprint density at radius 3 is 2.83 bits per heavy atom. The lowest BCUT2D eigenvalue weighted by atomic mass is 10.2. The number of nitrogens with zero attached hydrogens (tertiary/aromatic N) is 3. The van der Waals surface area contributed by atoms with Gasteiger partial charge >= 0.3 is 0 Å². The molecule has 0 N–H and O–H groups in total. The van der Waals surface area contributed by atoms with Crippen molar-refractivity contribution in [3.63, 3.8) is 0 Å². The van der Waals surface area contributed by atoms with E-state index >= 15 is 0 Å². The lowest BCUT2D eigenvalue weighted by Gasteiger charge is -2.11. The Labute approximate surface area is 140 Å². The van der Waals surface area contributed by atoms with E-state index in [0.717, 1.165) is 36.0 Å². The van der Waals surface area contributed by atoms with Gasteiger partial charge in [-0.05, 0) is 38.5 Å². The molecule has 0 saturated carbocycles. The molecule has 0 aliphatic carbocycles. The van der Waals surface area contributed by atoms with Gasteiger partial charge in [-0.25, -0.2) is 0 Å². The molecule has 0 bridgehead atoms. The molecule has 0 saturated heterocycles. The molecule has 7 heteroatoms. The molecule has 0 radical (unpaired) electrons. The summed E-state index contributed by atoms with van der Waals surface area (Å²) in [6.45, 7) is 5.48. The fraction of sp³-hybridized carbons (Fsp3) is 0.438. The van der Waals surface area contributed by atoms with Crippen molar-refractivity contribution in [3.05, 3.63) is 29.6 Å². The first kappa shape index (κ1) is 17.3. The molecule has 0 aliphatic heterocycles. The van der Waals surface area contributed by atoms with Crippen molar-refractivity contribution in [1.29, 1.82) is 0 Å². The minimum atomic E-state index is 0.569. The highest BCUT2D eigenvalue weighted by Gasteiger charge is 2.08. The van der Waals surface area contributed by atoms with E-state index < -0.39 is 0 Å². The molecule has 1 aromatic carbocycles. The van der Waals surface area contributed by atoms with E-state index in [1.165, 1.54) is 0 Å². The average Bonchev–Trinajstić information content (AvgIpc) is 2.94. The number of aldehydes is 1. The van der Waals surface area contributed by atoms with E-state index in [2.05, 4.69) is 21.7 Å². The number of thioether (sulfide) groups is 1. The van der Waals surface area contributed by atoms with E-state index in [1.807, 2.05) is 6.92 Å². The highest BCUT2D eigenvalue weighted by molar-refractivity contribution is 7.99. The van der Waals surface area contributed by atoms with Crippen LogP contribution in [0, 0.1) is 6.92 Å². The van der Waals surface area contributed by atoms with Crippen LogP contribution in [0.5, 0.6) is 11.5 Å². The SMILES string of the molecule is CCn1c(C)nnc1SCCCOc1ccc(C=O)cc1OC. The van der Waals surface area contributed by atoms with Crippen molar-refractivity contribution >= 4 is 18.0 Å². The minimum absolute atomic E-state index is 0.569. The summed E-state index contributed by atoms with van der Waals surface area (Å²) < 4.78 is 13.1. The van der Waals surface area contributed by atoms with Gasteiger partial charge in [0.25, 0.3) is 0 Å². The number of hydrogen-bond acceptors (Lipinski definition) is 6. The van der Waals surface area contributed by atoms with E-state index in [-0.39, 0.29) is 0 Å². The van der Waals surface area contributed by atoms with Crippen LogP contribution in [-0.2, 0) is 6.54 Å². The summed E-state index contributed by atoms with van der Waals surface area (Å²) in [4.78, 5) is 10.8. The van der Waals surface area contributed by atoms with Gasteiger partial charge in [0.05, 0.1) is 13.7 Å². The average molecular weight is 335 g/mol. The van der Waals surface area contributed by atoms with Gasteiger partial charge in [-0.1, -0.05) is 11.8 Å². The molecule has 1 aromatic heterocycles. The predicted octanol–water partition coefficient (Wildman–Crippen LogP) is 2.99. The predicted molar refractivity (Wildman–Crippen MR) is 89.7 cm³/mol. The molecular formula is C16H21N3O3S. The molecule has 0 amide bonds. The van der Waals surface area contributed by atoms with Crippen molar-refractivity contribution in [1.82, 2.24) is 14.8 Å². The molecule has 2 aromatic rings. The van der Waals surface area contributed by atoms with Crippen LogP contribution in [0.25, 0.3) is 0 Å². The Balaban J connectivity index is 1.80. The third-order valence-corrected chi connectivity index (χ3v) is 4.37. The van der Waals surface area contributed by atoms with E-state index in [0.29, 0.717) is 23.7 Å². The van der Waals surface area contributed by atoms with Crippen molar-refractivity contribution in [2.24, 2.45) is 0 Å². The second kappa shape index (κ2) is 8.57. The second-order valence-corrected chi connectivity index (χ2v) is 5.91. The number of aryl methyl sites for hydroxylation is 1. The van der Waals surface area contributed by atoms with Gasteiger partial charge in [0.2, 0.25) is 0 Å². The molecule has 0 spiro atoms. The normalized spacial score (nSPS) is 10.6. The summed E-state index contributed by atoms with van der Waals surface area (Å²) in [6, 6.07) is 5.14. The third-order valence-electron chi connectivity index (χ3n) is 3.32. The number of methoxy groups -OCH3 is 1. The number of carbonyl (C=O) groups excluding carboxylic acids is 1. The molecule has 124 valence electrons. The van der Waals surface area contributed by atoms with Crippen molar-refractivity contribution < 1.29 is 14.3 Å². The van der Waals surface area contributed by atoms with Gasteiger partial charge in [0.1, 0.15) is 12.1 Å². The Kier molecular flexibility index (Phi) is 6.46. The van der Waals surface area contributed by atoms with Gasteiger partial charge < -0.3 is 14.0 Å². The monoisotopic (exact) mass is 335 g/mol. The first-order valence-corrected chi connectivity index (χ1v) is 8.46. The zero-order chi connectivity index (χ0) is 16.7. The molecule has 23 heavy (non-hydrogen) atoms. The Morgan fingerprint density at radius 1 is 1.30 bits per heavy atom. The van der Waals surface area contributed by atoms with Gasteiger partial charge in [-0.2, -0.15) is 0 Å². The maximum atomic E-state index is 10.8. The first-order valence-electron chi connectivity index (χ1n) is 7.48. The standard InChI is InChI=1S/C16H21N3O3S/c1-4-19-12(2)17-18-16(19)23-9-5-8-22-14-7-6-13(11-20)10-15(14)21-3/h6-7,10-11H,4-5,8-9H2,1-3H3. The fourth-order valence-electron chi connectivity index (χ4n) is 2.11. The highest BCUT2D eigenvalue weighted by atomic mass is 32.2. The highest BCUT2D eigenvalue weighted by Crippen LogP contribution is 2.28. The summed E-state index contributed by atoms with van der Waals surface area (Å²) in [6.07, 6.45) is 1.66. The van der Waals surface area contributed by atoms with Crippen LogP contribution in [-0.4, -0.2) is 40.5 Å². The van der Waals surface area contributed by atoms with Crippen molar-refractivity contribution in [2.45, 2.75) is 32.0 Å². The van der Waals surface area contributed by atoms with Crippen LogP contribution in [0.1, 0.15) is 29.5 Å². The fourth-order valence-corrected chi connectivity index (χ4v) is 3.07. The van der Waals surface area contributed by atoms with Crippen LogP contribution >= 0.6 is 11.8 Å². The van der Waals surface area contributed by atoms with Crippen LogP contribution in [0.4, 0.5) is 0 Å². The van der Waals surface area contributed by atoms with Gasteiger partial charge in [-0.15, -0.1) is 10.2 Å². The zero-order valence-electron chi connectivity index (χ0n) is 13.6. The lowest BCUT2D eigenvalue weighted by Crippen LogP contribution is -2.02. The summed E-state index contributed by atoms with van der Waals surface area (Å²) in [5, 5.41) is 9.20. The summed E-state index contributed by atoms with van der Waals surface area (Å²) in [5.41, 5.74) is 0.569. The Hall–Kier alpha value is -2.02. The maximum absolute atomic E-state index is 10.8. The van der Waals surface area contributed by atoms with Crippen molar-refractivity contribution in [3.8, 4) is 11.5 Å². The Bertz CT molecular complexity index is 658. The lowest BCUT2D eigenvalue weighted by molar-refractivity contribution is 0.112.